The molecule has 0 radical (unpaired) electrons. The molecule has 0 saturated heterocycles. The molecule has 0 spiro atoms. The van der Waals surface area contributed by atoms with Gasteiger partial charge in [0.1, 0.15) is 5.75 Å². The maximum absolute atomic E-state index is 12.0. The molecule has 0 bridgehead atoms. The first-order chi connectivity index (χ1) is 10.6. The summed E-state index contributed by atoms with van der Waals surface area (Å²) in [6, 6.07) is 6.95. The zero-order chi connectivity index (χ0) is 15.8. The predicted molar refractivity (Wildman–Crippen MR) is 86.1 cm³/mol. The monoisotopic (exact) mass is 300 g/mol. The van der Waals surface area contributed by atoms with Crippen molar-refractivity contribution in [3.05, 3.63) is 42.9 Å². The molecule has 2 aromatic rings. The molecule has 6 heteroatoms. The lowest BCUT2D eigenvalue weighted by Gasteiger charge is -2.13. The van der Waals surface area contributed by atoms with Crippen molar-refractivity contribution in [1.82, 2.24) is 9.97 Å². The fourth-order valence-electron chi connectivity index (χ4n) is 1.73. The summed E-state index contributed by atoms with van der Waals surface area (Å²) in [5.41, 5.74) is 0.618. The minimum atomic E-state index is -0.389. The fraction of sp³-hybridized carbons (Fsp3) is 0.312. The van der Waals surface area contributed by atoms with Crippen LogP contribution in [-0.2, 0) is 0 Å². The molecular weight excluding hydrogens is 280 g/mol. The molecule has 0 aliphatic rings. The van der Waals surface area contributed by atoms with Crippen molar-refractivity contribution in [2.24, 2.45) is 5.92 Å². The number of rotatable bonds is 6. The van der Waals surface area contributed by atoms with Gasteiger partial charge in [-0.3, -0.25) is 10.3 Å². The van der Waals surface area contributed by atoms with Crippen LogP contribution in [0.4, 0.5) is 16.3 Å². The van der Waals surface area contributed by atoms with E-state index in [1.807, 2.05) is 18.2 Å². The highest BCUT2D eigenvalue weighted by atomic mass is 16.5. The number of benzene rings is 1. The van der Waals surface area contributed by atoms with Gasteiger partial charge in [0.2, 0.25) is 0 Å². The van der Waals surface area contributed by atoms with Crippen LogP contribution in [0.5, 0.6) is 5.75 Å². The first-order valence-corrected chi connectivity index (χ1v) is 7.21. The maximum Gasteiger partial charge on any atom is 0.324 e. The molecule has 1 heterocycles. The van der Waals surface area contributed by atoms with Crippen molar-refractivity contribution >= 4 is 17.5 Å². The van der Waals surface area contributed by atoms with E-state index in [1.165, 1.54) is 12.4 Å². The Hall–Kier alpha value is -2.63. The molecule has 22 heavy (non-hydrogen) atoms. The molecule has 116 valence electrons. The van der Waals surface area contributed by atoms with Gasteiger partial charge in [-0.2, -0.15) is 0 Å². The summed E-state index contributed by atoms with van der Waals surface area (Å²) in [4.78, 5) is 19.8. The molecule has 6 nitrogen and oxygen atoms in total. The van der Waals surface area contributed by atoms with Crippen molar-refractivity contribution in [3.8, 4) is 5.75 Å². The van der Waals surface area contributed by atoms with Crippen molar-refractivity contribution in [2.45, 2.75) is 20.3 Å². The highest BCUT2D eigenvalue weighted by Gasteiger charge is 2.08. The van der Waals surface area contributed by atoms with Crippen LogP contribution in [0.1, 0.15) is 20.3 Å². The highest BCUT2D eigenvalue weighted by Crippen LogP contribution is 2.24. The fourth-order valence-corrected chi connectivity index (χ4v) is 1.73. The van der Waals surface area contributed by atoms with Crippen LogP contribution in [0.15, 0.2) is 42.9 Å². The number of nitrogens with one attached hydrogen (secondary N) is 2. The zero-order valence-corrected chi connectivity index (χ0v) is 12.7. The van der Waals surface area contributed by atoms with Crippen LogP contribution in [0.2, 0.25) is 0 Å². The number of aromatic nitrogens is 2. The smallest absolute Gasteiger partial charge is 0.324 e. The molecule has 1 aromatic carbocycles. The Bertz CT molecular complexity index is 602. The van der Waals surface area contributed by atoms with Gasteiger partial charge in [-0.15, -0.1) is 0 Å². The van der Waals surface area contributed by atoms with E-state index in [-0.39, 0.29) is 6.03 Å². The van der Waals surface area contributed by atoms with Gasteiger partial charge in [-0.25, -0.2) is 9.78 Å². The third-order valence-corrected chi connectivity index (χ3v) is 2.89. The summed E-state index contributed by atoms with van der Waals surface area (Å²) in [6.07, 6.45) is 5.49. The molecule has 1 aromatic heterocycles. The average Bonchev–Trinajstić information content (AvgIpc) is 2.49. The van der Waals surface area contributed by atoms with Crippen molar-refractivity contribution in [1.29, 1.82) is 0 Å². The largest absolute Gasteiger partial charge is 0.491 e. The minimum absolute atomic E-state index is 0.387. The normalized spacial score (nSPS) is 10.3. The quantitative estimate of drug-likeness (QED) is 0.855. The first-order valence-electron chi connectivity index (χ1n) is 7.21. The summed E-state index contributed by atoms with van der Waals surface area (Å²) < 4.78 is 5.73. The van der Waals surface area contributed by atoms with Gasteiger partial charge in [0.25, 0.3) is 0 Å². The van der Waals surface area contributed by atoms with Crippen LogP contribution in [-0.4, -0.2) is 22.6 Å². The standard InChI is InChI=1S/C16H20N4O2/c1-12(2)7-10-22-14-6-4-3-5-13(14)19-16(21)20-15-11-17-8-9-18-15/h3-6,8-9,11-12H,7,10H2,1-2H3,(H2,18,19,20,21). The Kier molecular flexibility index (Phi) is 5.71. The SMILES string of the molecule is CC(C)CCOc1ccccc1NC(=O)Nc1cnccn1. The van der Waals surface area contributed by atoms with Gasteiger partial charge in [0, 0.05) is 12.4 Å². The Morgan fingerprint density at radius 2 is 2.05 bits per heavy atom. The van der Waals surface area contributed by atoms with E-state index in [2.05, 4.69) is 34.4 Å². The topological polar surface area (TPSA) is 76.1 Å². The van der Waals surface area contributed by atoms with Crippen LogP contribution < -0.4 is 15.4 Å². The number of para-hydroxylation sites is 2. The highest BCUT2D eigenvalue weighted by molar-refractivity contribution is 5.99. The Labute approximate surface area is 129 Å². The number of hydrogen-bond acceptors (Lipinski definition) is 4. The second-order valence-electron chi connectivity index (χ2n) is 5.20. The molecule has 2 amide bonds. The summed E-state index contributed by atoms with van der Waals surface area (Å²) in [5.74, 6) is 1.61. The van der Waals surface area contributed by atoms with E-state index in [9.17, 15) is 4.79 Å². The molecule has 0 aliphatic heterocycles. The first kappa shape index (κ1) is 15.8. The van der Waals surface area contributed by atoms with Crippen molar-refractivity contribution < 1.29 is 9.53 Å². The van der Waals surface area contributed by atoms with E-state index in [4.69, 9.17) is 4.74 Å². The van der Waals surface area contributed by atoms with Gasteiger partial charge in [0.15, 0.2) is 5.82 Å². The number of nitrogens with zero attached hydrogens (tertiary/aromatic N) is 2. The van der Waals surface area contributed by atoms with Gasteiger partial charge in [-0.05, 0) is 24.5 Å². The predicted octanol–water partition coefficient (Wildman–Crippen LogP) is 3.55. The van der Waals surface area contributed by atoms with E-state index >= 15 is 0 Å². The van der Waals surface area contributed by atoms with E-state index in [0.29, 0.717) is 29.8 Å². The van der Waals surface area contributed by atoms with Gasteiger partial charge < -0.3 is 10.1 Å². The summed E-state index contributed by atoms with van der Waals surface area (Å²) in [7, 11) is 0. The molecule has 2 N–H and O–H groups in total. The minimum Gasteiger partial charge on any atom is -0.491 e. The van der Waals surface area contributed by atoms with Gasteiger partial charge in [-0.1, -0.05) is 26.0 Å². The number of amides is 2. The molecule has 0 saturated carbocycles. The molecule has 0 aliphatic carbocycles. The lowest BCUT2D eigenvalue weighted by molar-refractivity contribution is 0.261. The van der Waals surface area contributed by atoms with Crippen molar-refractivity contribution in [2.75, 3.05) is 17.2 Å². The number of carbonyl (C=O) groups is 1. The zero-order valence-electron chi connectivity index (χ0n) is 12.7. The van der Waals surface area contributed by atoms with E-state index in [0.717, 1.165) is 6.42 Å². The Morgan fingerprint density at radius 1 is 1.23 bits per heavy atom. The number of urea groups is 1. The number of carbonyl (C=O) groups excluding carboxylic acids is 1. The van der Waals surface area contributed by atoms with Gasteiger partial charge in [0.05, 0.1) is 18.5 Å². The second kappa shape index (κ2) is 7.97. The second-order valence-corrected chi connectivity index (χ2v) is 5.20. The third-order valence-electron chi connectivity index (χ3n) is 2.89. The van der Waals surface area contributed by atoms with Gasteiger partial charge >= 0.3 is 6.03 Å². The molecule has 0 fully saturated rings. The van der Waals surface area contributed by atoms with Crippen LogP contribution in [0.3, 0.4) is 0 Å². The lowest BCUT2D eigenvalue weighted by Crippen LogP contribution is -2.20. The summed E-state index contributed by atoms with van der Waals surface area (Å²) >= 11 is 0. The van der Waals surface area contributed by atoms with E-state index < -0.39 is 0 Å². The lowest BCUT2D eigenvalue weighted by atomic mass is 10.1. The third kappa shape index (κ3) is 5.05. The summed E-state index contributed by atoms with van der Waals surface area (Å²) in [5, 5.41) is 5.37. The van der Waals surface area contributed by atoms with Crippen LogP contribution in [0.25, 0.3) is 0 Å². The van der Waals surface area contributed by atoms with Crippen LogP contribution in [0, 0.1) is 5.92 Å². The summed E-state index contributed by atoms with van der Waals surface area (Å²) in [6.45, 7) is 4.89. The maximum atomic E-state index is 12.0. The Morgan fingerprint density at radius 3 is 2.77 bits per heavy atom. The molecular formula is C16H20N4O2. The Balaban J connectivity index is 1.95. The number of ether oxygens (including phenoxy) is 1. The average molecular weight is 300 g/mol. The molecule has 0 unspecified atom stereocenters. The number of anilines is 2. The number of hydrogen-bond donors (Lipinski definition) is 2. The van der Waals surface area contributed by atoms with Crippen LogP contribution >= 0.6 is 0 Å². The molecule has 2 rings (SSSR count). The van der Waals surface area contributed by atoms with E-state index in [1.54, 1.807) is 12.3 Å². The molecule has 0 atom stereocenters. The van der Waals surface area contributed by atoms with Crippen molar-refractivity contribution in [3.63, 3.8) is 0 Å².